The molecule has 134 valence electrons. The summed E-state index contributed by atoms with van der Waals surface area (Å²) in [7, 11) is 1.77. The molecule has 1 saturated carbocycles. The first-order chi connectivity index (χ1) is 10.7. The molecule has 3 atom stereocenters. The third-order valence-electron chi connectivity index (χ3n) is 5.33. The smallest absolute Gasteiger partial charge is 0.410 e. The Morgan fingerprint density at radius 1 is 1.35 bits per heavy atom. The molecule has 0 spiro atoms. The molecule has 1 aliphatic heterocycles. The Labute approximate surface area is 141 Å². The maximum atomic E-state index is 12.2. The molecule has 1 unspecified atom stereocenters. The van der Waals surface area contributed by atoms with E-state index in [2.05, 4.69) is 19.2 Å². The van der Waals surface area contributed by atoms with E-state index in [4.69, 9.17) is 9.47 Å². The first kappa shape index (κ1) is 18.5. The topological polar surface area (TPSA) is 50.8 Å². The van der Waals surface area contributed by atoms with Gasteiger partial charge < -0.3 is 19.7 Å². The Kier molecular flexibility index (Phi) is 5.62. The normalized spacial score (nSPS) is 28.3. The molecular formula is C18H34N2O3. The van der Waals surface area contributed by atoms with Crippen molar-refractivity contribution in [2.75, 3.05) is 26.8 Å². The summed E-state index contributed by atoms with van der Waals surface area (Å²) in [6.45, 7) is 12.5. The number of rotatable bonds is 5. The number of nitrogens with zero attached hydrogens (tertiary/aromatic N) is 1. The predicted molar refractivity (Wildman–Crippen MR) is 91.5 cm³/mol. The van der Waals surface area contributed by atoms with Crippen LogP contribution in [-0.4, -0.2) is 55.5 Å². The van der Waals surface area contributed by atoms with Gasteiger partial charge in [-0.2, -0.15) is 0 Å². The van der Waals surface area contributed by atoms with Crippen LogP contribution in [0, 0.1) is 11.3 Å². The molecule has 1 aliphatic carbocycles. The highest BCUT2D eigenvalue weighted by atomic mass is 16.6. The van der Waals surface area contributed by atoms with Crippen molar-refractivity contribution in [1.29, 1.82) is 0 Å². The van der Waals surface area contributed by atoms with E-state index >= 15 is 0 Å². The highest BCUT2D eigenvalue weighted by molar-refractivity contribution is 5.68. The van der Waals surface area contributed by atoms with E-state index in [1.165, 1.54) is 6.42 Å². The van der Waals surface area contributed by atoms with E-state index in [0.29, 0.717) is 12.1 Å². The number of carbonyl (C=O) groups excluding carboxylic acids is 1. The molecular weight excluding hydrogens is 292 g/mol. The number of hydrogen-bond acceptors (Lipinski definition) is 4. The van der Waals surface area contributed by atoms with Gasteiger partial charge in [-0.3, -0.25) is 0 Å². The lowest BCUT2D eigenvalue weighted by Gasteiger charge is -2.45. The number of hydrogen-bond donors (Lipinski definition) is 1. The van der Waals surface area contributed by atoms with Crippen LogP contribution in [-0.2, 0) is 9.47 Å². The summed E-state index contributed by atoms with van der Waals surface area (Å²) >= 11 is 0. The van der Waals surface area contributed by atoms with Gasteiger partial charge in [-0.1, -0.05) is 6.92 Å². The van der Waals surface area contributed by atoms with Crippen LogP contribution in [0.1, 0.15) is 53.9 Å². The van der Waals surface area contributed by atoms with Crippen LogP contribution >= 0.6 is 0 Å². The van der Waals surface area contributed by atoms with Gasteiger partial charge in [-0.05, 0) is 52.9 Å². The summed E-state index contributed by atoms with van der Waals surface area (Å²) < 4.78 is 11.0. The average molecular weight is 326 g/mol. The number of methoxy groups -OCH3 is 1. The Morgan fingerprint density at radius 2 is 1.91 bits per heavy atom. The van der Waals surface area contributed by atoms with E-state index in [9.17, 15) is 4.79 Å². The van der Waals surface area contributed by atoms with Crippen LogP contribution in [0.3, 0.4) is 0 Å². The quantitative estimate of drug-likeness (QED) is 0.844. The van der Waals surface area contributed by atoms with Crippen molar-refractivity contribution in [1.82, 2.24) is 10.2 Å². The third kappa shape index (κ3) is 4.83. The second kappa shape index (κ2) is 6.98. The lowest BCUT2D eigenvalue weighted by Crippen LogP contribution is -2.54. The SMILES string of the molecule is COCC1(C(C)N[C@@H]2C[C@H]2C)CCN(C(=O)OC(C)(C)C)CC1. The summed E-state index contributed by atoms with van der Waals surface area (Å²) in [4.78, 5) is 14.1. The maximum absolute atomic E-state index is 12.2. The average Bonchev–Trinajstić information content (AvgIpc) is 3.13. The fourth-order valence-electron chi connectivity index (χ4n) is 3.50. The Balaban J connectivity index is 1.92. The molecule has 0 bridgehead atoms. The number of likely N-dealkylation sites (tertiary alicyclic amines) is 1. The van der Waals surface area contributed by atoms with E-state index in [-0.39, 0.29) is 11.5 Å². The van der Waals surface area contributed by atoms with Crippen LogP contribution in [0.25, 0.3) is 0 Å². The first-order valence-electron chi connectivity index (χ1n) is 8.90. The largest absolute Gasteiger partial charge is 0.444 e. The van der Waals surface area contributed by atoms with Gasteiger partial charge in [0.05, 0.1) is 6.61 Å². The molecule has 0 aromatic heterocycles. The minimum Gasteiger partial charge on any atom is -0.444 e. The molecule has 23 heavy (non-hydrogen) atoms. The summed E-state index contributed by atoms with van der Waals surface area (Å²) in [5, 5.41) is 3.77. The van der Waals surface area contributed by atoms with Gasteiger partial charge in [0.2, 0.25) is 0 Å². The van der Waals surface area contributed by atoms with Crippen LogP contribution < -0.4 is 5.32 Å². The second-order valence-corrected chi connectivity index (χ2v) is 8.47. The molecule has 0 radical (unpaired) electrons. The summed E-state index contributed by atoms with van der Waals surface area (Å²) in [5.41, 5.74) is -0.329. The maximum Gasteiger partial charge on any atom is 0.410 e. The van der Waals surface area contributed by atoms with Gasteiger partial charge in [-0.15, -0.1) is 0 Å². The molecule has 0 aromatic carbocycles. The predicted octanol–water partition coefficient (Wildman–Crippen LogP) is 3.04. The van der Waals surface area contributed by atoms with Crippen molar-refractivity contribution < 1.29 is 14.3 Å². The van der Waals surface area contributed by atoms with E-state index < -0.39 is 5.60 Å². The summed E-state index contributed by atoms with van der Waals surface area (Å²) in [6, 6.07) is 1.06. The number of nitrogens with one attached hydrogen (secondary N) is 1. The molecule has 0 aromatic rings. The van der Waals surface area contributed by atoms with Crippen molar-refractivity contribution in [2.24, 2.45) is 11.3 Å². The Morgan fingerprint density at radius 3 is 2.35 bits per heavy atom. The minimum absolute atomic E-state index is 0.107. The van der Waals surface area contributed by atoms with Gasteiger partial charge in [-0.25, -0.2) is 4.79 Å². The van der Waals surface area contributed by atoms with Crippen LogP contribution in [0.2, 0.25) is 0 Å². The lowest BCUT2D eigenvalue weighted by atomic mass is 9.73. The van der Waals surface area contributed by atoms with Gasteiger partial charge in [0.25, 0.3) is 0 Å². The first-order valence-corrected chi connectivity index (χ1v) is 8.90. The Hall–Kier alpha value is -0.810. The van der Waals surface area contributed by atoms with Crippen molar-refractivity contribution in [3.8, 4) is 0 Å². The van der Waals surface area contributed by atoms with Crippen LogP contribution in [0.15, 0.2) is 0 Å². The molecule has 5 heteroatoms. The fourth-order valence-corrected chi connectivity index (χ4v) is 3.50. The second-order valence-electron chi connectivity index (χ2n) is 8.47. The fraction of sp³-hybridized carbons (Fsp3) is 0.944. The zero-order valence-corrected chi connectivity index (χ0v) is 15.6. The van der Waals surface area contributed by atoms with Gasteiger partial charge >= 0.3 is 6.09 Å². The van der Waals surface area contributed by atoms with E-state index in [1.807, 2.05) is 25.7 Å². The number of amides is 1. The van der Waals surface area contributed by atoms with Gasteiger partial charge in [0.15, 0.2) is 0 Å². The molecule has 2 aliphatic rings. The minimum atomic E-state index is -0.435. The highest BCUT2D eigenvalue weighted by Crippen LogP contribution is 2.38. The monoisotopic (exact) mass is 326 g/mol. The molecule has 2 fully saturated rings. The molecule has 5 nitrogen and oxygen atoms in total. The molecule has 1 amide bonds. The zero-order valence-electron chi connectivity index (χ0n) is 15.6. The summed E-state index contributed by atoms with van der Waals surface area (Å²) in [6.07, 6.45) is 2.99. The molecule has 1 heterocycles. The standard InChI is InChI=1S/C18H34N2O3/c1-13-11-15(13)19-14(2)18(12-22-6)7-9-20(10-8-18)16(21)23-17(3,4)5/h13-15,19H,7-12H2,1-6H3/t13-,14?,15-/m1/s1. The van der Waals surface area contributed by atoms with Crippen molar-refractivity contribution in [3.05, 3.63) is 0 Å². The Bertz CT molecular complexity index is 411. The summed E-state index contributed by atoms with van der Waals surface area (Å²) in [5.74, 6) is 0.791. The van der Waals surface area contributed by atoms with E-state index in [0.717, 1.165) is 38.5 Å². The molecule has 1 saturated heterocycles. The zero-order chi connectivity index (χ0) is 17.3. The van der Waals surface area contributed by atoms with Crippen LogP contribution in [0.4, 0.5) is 4.79 Å². The highest BCUT2D eigenvalue weighted by Gasteiger charge is 2.44. The lowest BCUT2D eigenvalue weighted by molar-refractivity contribution is -0.0192. The number of piperidine rings is 1. The van der Waals surface area contributed by atoms with Gasteiger partial charge in [0, 0.05) is 37.7 Å². The van der Waals surface area contributed by atoms with Crippen molar-refractivity contribution in [3.63, 3.8) is 0 Å². The third-order valence-corrected chi connectivity index (χ3v) is 5.33. The van der Waals surface area contributed by atoms with Crippen molar-refractivity contribution >= 4 is 6.09 Å². The number of ether oxygens (including phenoxy) is 2. The molecule has 1 N–H and O–H groups in total. The number of carbonyl (C=O) groups is 1. The van der Waals surface area contributed by atoms with E-state index in [1.54, 1.807) is 7.11 Å². The van der Waals surface area contributed by atoms with Crippen LogP contribution in [0.5, 0.6) is 0 Å². The van der Waals surface area contributed by atoms with Gasteiger partial charge in [0.1, 0.15) is 5.60 Å². The van der Waals surface area contributed by atoms with Crippen molar-refractivity contribution in [2.45, 2.75) is 71.6 Å². The molecule has 2 rings (SSSR count).